The van der Waals surface area contributed by atoms with Crippen molar-refractivity contribution >= 4 is 34.9 Å². The summed E-state index contributed by atoms with van der Waals surface area (Å²) in [6.07, 6.45) is 0. The SMILES string of the molecule is COc1cc(CNc2ccc(C(=O)O)c(Cl)c2)cc(Cl)c1OCc1ccccc1F. The van der Waals surface area contributed by atoms with E-state index < -0.39 is 5.97 Å². The van der Waals surface area contributed by atoms with Crippen molar-refractivity contribution in [1.29, 1.82) is 0 Å². The van der Waals surface area contributed by atoms with E-state index in [1.807, 2.05) is 0 Å². The number of hydrogen-bond donors (Lipinski definition) is 2. The first-order valence-corrected chi connectivity index (χ1v) is 9.64. The highest BCUT2D eigenvalue weighted by atomic mass is 35.5. The molecule has 0 saturated heterocycles. The molecule has 0 unspecified atom stereocenters. The van der Waals surface area contributed by atoms with Gasteiger partial charge >= 0.3 is 5.97 Å². The number of carboxylic acids is 1. The number of carbonyl (C=O) groups is 1. The van der Waals surface area contributed by atoms with Gasteiger partial charge in [-0.15, -0.1) is 0 Å². The molecule has 0 aromatic heterocycles. The Kier molecular flexibility index (Phi) is 7.03. The van der Waals surface area contributed by atoms with Gasteiger partial charge in [-0.1, -0.05) is 41.4 Å². The zero-order valence-electron chi connectivity index (χ0n) is 15.9. The maximum Gasteiger partial charge on any atom is 0.337 e. The zero-order valence-corrected chi connectivity index (χ0v) is 17.4. The number of halogens is 3. The Balaban J connectivity index is 1.73. The Morgan fingerprint density at radius 3 is 2.53 bits per heavy atom. The second-order valence-corrected chi connectivity index (χ2v) is 7.16. The van der Waals surface area contributed by atoms with E-state index >= 15 is 0 Å². The van der Waals surface area contributed by atoms with Crippen molar-refractivity contribution in [1.82, 2.24) is 0 Å². The molecule has 0 atom stereocenters. The largest absolute Gasteiger partial charge is 0.493 e. The number of nitrogens with one attached hydrogen (secondary N) is 1. The van der Waals surface area contributed by atoms with E-state index in [2.05, 4.69) is 5.32 Å². The second-order valence-electron chi connectivity index (χ2n) is 6.34. The lowest BCUT2D eigenvalue weighted by Gasteiger charge is -2.15. The van der Waals surface area contributed by atoms with Gasteiger partial charge in [0.25, 0.3) is 0 Å². The monoisotopic (exact) mass is 449 g/mol. The predicted octanol–water partition coefficient (Wildman–Crippen LogP) is 6.03. The smallest absolute Gasteiger partial charge is 0.337 e. The number of aromatic carboxylic acids is 1. The molecule has 8 heteroatoms. The Hall–Kier alpha value is -2.96. The highest BCUT2D eigenvalue weighted by Crippen LogP contribution is 2.37. The summed E-state index contributed by atoms with van der Waals surface area (Å²) in [5.74, 6) is -0.718. The minimum absolute atomic E-state index is 0.00871. The fourth-order valence-corrected chi connectivity index (χ4v) is 3.33. The molecule has 0 aliphatic heterocycles. The minimum Gasteiger partial charge on any atom is -0.493 e. The summed E-state index contributed by atoms with van der Waals surface area (Å²) < 4.78 is 24.9. The van der Waals surface area contributed by atoms with Crippen molar-refractivity contribution in [2.24, 2.45) is 0 Å². The summed E-state index contributed by atoms with van der Waals surface area (Å²) in [6.45, 7) is 0.390. The van der Waals surface area contributed by atoms with Gasteiger partial charge in [0, 0.05) is 17.8 Å². The van der Waals surface area contributed by atoms with E-state index in [9.17, 15) is 9.18 Å². The fourth-order valence-electron chi connectivity index (χ4n) is 2.78. The molecule has 0 fully saturated rings. The zero-order chi connectivity index (χ0) is 21.7. The van der Waals surface area contributed by atoms with Crippen LogP contribution in [0.3, 0.4) is 0 Å². The van der Waals surface area contributed by atoms with Gasteiger partial charge in [0.2, 0.25) is 0 Å². The lowest BCUT2D eigenvalue weighted by atomic mass is 10.1. The van der Waals surface area contributed by atoms with Gasteiger partial charge in [-0.2, -0.15) is 0 Å². The molecule has 0 aliphatic carbocycles. The molecule has 0 amide bonds. The molecule has 3 rings (SSSR count). The van der Waals surface area contributed by atoms with Gasteiger partial charge in [0.05, 0.1) is 22.7 Å². The maximum absolute atomic E-state index is 13.8. The molecular formula is C22H18Cl2FNO4. The van der Waals surface area contributed by atoms with Crippen LogP contribution >= 0.6 is 23.2 Å². The van der Waals surface area contributed by atoms with Crippen LogP contribution in [0, 0.1) is 5.82 Å². The lowest BCUT2D eigenvalue weighted by molar-refractivity contribution is 0.0697. The van der Waals surface area contributed by atoms with Gasteiger partial charge < -0.3 is 19.9 Å². The van der Waals surface area contributed by atoms with E-state index in [1.165, 1.54) is 25.3 Å². The van der Waals surface area contributed by atoms with E-state index in [0.29, 0.717) is 34.3 Å². The summed E-state index contributed by atoms with van der Waals surface area (Å²) in [7, 11) is 1.49. The van der Waals surface area contributed by atoms with Gasteiger partial charge in [0.1, 0.15) is 12.4 Å². The summed E-state index contributed by atoms with van der Waals surface area (Å²) >= 11 is 12.4. The van der Waals surface area contributed by atoms with E-state index in [1.54, 1.807) is 36.4 Å². The first-order valence-electron chi connectivity index (χ1n) is 8.88. The number of carboxylic acid groups (broad SMARTS) is 1. The van der Waals surface area contributed by atoms with Crippen molar-refractivity contribution < 1.29 is 23.8 Å². The average Bonchev–Trinajstić information content (AvgIpc) is 2.72. The maximum atomic E-state index is 13.8. The van der Waals surface area contributed by atoms with Crippen LogP contribution in [0.2, 0.25) is 10.0 Å². The Labute approximate surface area is 183 Å². The highest BCUT2D eigenvalue weighted by Gasteiger charge is 2.14. The van der Waals surface area contributed by atoms with Crippen LogP contribution in [0.4, 0.5) is 10.1 Å². The molecule has 30 heavy (non-hydrogen) atoms. The first kappa shape index (κ1) is 21.7. The molecule has 0 radical (unpaired) electrons. The van der Waals surface area contributed by atoms with E-state index in [0.717, 1.165) is 5.56 Å². The molecule has 5 nitrogen and oxygen atoms in total. The molecule has 3 aromatic carbocycles. The predicted molar refractivity (Wildman–Crippen MR) is 114 cm³/mol. The highest BCUT2D eigenvalue weighted by molar-refractivity contribution is 6.33. The van der Waals surface area contributed by atoms with Gasteiger partial charge in [0.15, 0.2) is 11.5 Å². The molecule has 0 bridgehead atoms. The van der Waals surface area contributed by atoms with Crippen LogP contribution in [0.1, 0.15) is 21.5 Å². The van der Waals surface area contributed by atoms with Crippen molar-refractivity contribution in [3.05, 3.63) is 87.2 Å². The molecule has 0 aliphatic rings. The fraction of sp³-hybridized carbons (Fsp3) is 0.136. The molecule has 3 aromatic rings. The Morgan fingerprint density at radius 2 is 1.87 bits per heavy atom. The van der Waals surface area contributed by atoms with Crippen LogP contribution in [0.15, 0.2) is 54.6 Å². The average molecular weight is 450 g/mol. The van der Waals surface area contributed by atoms with Crippen molar-refractivity contribution in [3.8, 4) is 11.5 Å². The Morgan fingerprint density at radius 1 is 1.10 bits per heavy atom. The van der Waals surface area contributed by atoms with Crippen LogP contribution in [-0.2, 0) is 13.2 Å². The molecule has 0 spiro atoms. The molecule has 0 saturated carbocycles. The second kappa shape index (κ2) is 9.69. The summed E-state index contributed by atoms with van der Waals surface area (Å²) in [5.41, 5.74) is 1.89. The quantitative estimate of drug-likeness (QED) is 0.439. The number of hydrogen-bond acceptors (Lipinski definition) is 4. The normalized spacial score (nSPS) is 10.5. The summed E-state index contributed by atoms with van der Waals surface area (Å²) in [6, 6.07) is 14.4. The number of rotatable bonds is 8. The number of ether oxygens (including phenoxy) is 2. The topological polar surface area (TPSA) is 67.8 Å². The van der Waals surface area contributed by atoms with Gasteiger partial charge in [-0.3, -0.25) is 0 Å². The summed E-state index contributed by atoms with van der Waals surface area (Å²) in [4.78, 5) is 11.0. The molecule has 0 heterocycles. The number of benzene rings is 3. The van der Waals surface area contributed by atoms with Gasteiger partial charge in [-0.05, 0) is 42.0 Å². The van der Waals surface area contributed by atoms with Crippen LogP contribution < -0.4 is 14.8 Å². The third kappa shape index (κ3) is 5.14. The Bertz CT molecular complexity index is 1070. The molecule has 2 N–H and O–H groups in total. The third-order valence-electron chi connectivity index (χ3n) is 4.32. The number of methoxy groups -OCH3 is 1. The van der Waals surface area contributed by atoms with Crippen molar-refractivity contribution in [2.75, 3.05) is 12.4 Å². The van der Waals surface area contributed by atoms with Crippen LogP contribution in [0.5, 0.6) is 11.5 Å². The van der Waals surface area contributed by atoms with E-state index in [-0.39, 0.29) is 23.0 Å². The van der Waals surface area contributed by atoms with E-state index in [4.69, 9.17) is 37.8 Å². The lowest BCUT2D eigenvalue weighted by Crippen LogP contribution is -2.04. The van der Waals surface area contributed by atoms with Gasteiger partial charge in [-0.25, -0.2) is 9.18 Å². The molecular weight excluding hydrogens is 432 g/mol. The van der Waals surface area contributed by atoms with Crippen molar-refractivity contribution in [2.45, 2.75) is 13.2 Å². The third-order valence-corrected chi connectivity index (χ3v) is 4.91. The summed E-state index contributed by atoms with van der Waals surface area (Å²) in [5, 5.41) is 12.7. The number of anilines is 1. The molecule has 156 valence electrons. The standard InChI is InChI=1S/C22H18Cl2FNO4/c1-29-20-9-13(11-26-15-6-7-16(22(27)28)17(23)10-15)8-18(24)21(20)30-12-14-4-2-3-5-19(14)25/h2-10,26H,11-12H2,1H3,(H,27,28). The first-order chi connectivity index (χ1) is 14.4. The minimum atomic E-state index is -1.09. The van der Waals surface area contributed by atoms with Crippen LogP contribution in [0.25, 0.3) is 0 Å². The van der Waals surface area contributed by atoms with Crippen molar-refractivity contribution in [3.63, 3.8) is 0 Å². The van der Waals surface area contributed by atoms with Crippen LogP contribution in [-0.4, -0.2) is 18.2 Å².